The lowest BCUT2D eigenvalue weighted by molar-refractivity contribution is 0.0949. The molecule has 0 bridgehead atoms. The van der Waals surface area contributed by atoms with Gasteiger partial charge < -0.3 is 25.6 Å². The fourth-order valence-corrected chi connectivity index (χ4v) is 3.57. The van der Waals surface area contributed by atoms with Crippen molar-refractivity contribution in [3.8, 4) is 0 Å². The number of para-hydroxylation sites is 1. The van der Waals surface area contributed by atoms with Gasteiger partial charge in [-0.2, -0.15) is 0 Å². The van der Waals surface area contributed by atoms with Crippen molar-refractivity contribution in [3.05, 3.63) is 53.8 Å². The molecule has 8 heteroatoms. The van der Waals surface area contributed by atoms with Crippen LogP contribution in [0.4, 0.5) is 26.2 Å². The molecule has 1 aliphatic rings. The third-order valence-corrected chi connectivity index (χ3v) is 5.13. The van der Waals surface area contributed by atoms with Crippen molar-refractivity contribution in [1.29, 1.82) is 0 Å². The number of urea groups is 1. The van der Waals surface area contributed by atoms with Gasteiger partial charge in [-0.25, -0.2) is 9.18 Å². The summed E-state index contributed by atoms with van der Waals surface area (Å²) in [5.41, 5.74) is 1.89. The molecular formula is C23H29FN4O3. The number of rotatable bonds is 8. The van der Waals surface area contributed by atoms with Crippen LogP contribution in [0.5, 0.6) is 0 Å². The Morgan fingerprint density at radius 1 is 1.06 bits per heavy atom. The zero-order valence-electron chi connectivity index (χ0n) is 17.7. The lowest BCUT2D eigenvalue weighted by atomic mass is 10.1. The van der Waals surface area contributed by atoms with E-state index in [2.05, 4.69) is 20.9 Å². The standard InChI is InChI=1S/C23H29FN4O3/c1-31-15-7-12-25-22(29)18-16-17(10-11-21(18)28-13-5-2-6-14-28)26-23(30)27-20-9-4-3-8-19(20)24/h3-4,8-11,16H,2,5-7,12-15H2,1H3,(H,25,29)(H2,26,27,30). The van der Waals surface area contributed by atoms with Gasteiger partial charge in [-0.05, 0) is 56.0 Å². The third-order valence-electron chi connectivity index (χ3n) is 5.13. The SMILES string of the molecule is COCCCNC(=O)c1cc(NC(=O)Nc2ccccc2F)ccc1N1CCCCC1. The average Bonchev–Trinajstić information content (AvgIpc) is 2.78. The largest absolute Gasteiger partial charge is 0.385 e. The van der Waals surface area contributed by atoms with Gasteiger partial charge in [0.2, 0.25) is 0 Å². The maximum absolute atomic E-state index is 13.8. The van der Waals surface area contributed by atoms with E-state index in [1.54, 1.807) is 31.4 Å². The smallest absolute Gasteiger partial charge is 0.323 e. The Morgan fingerprint density at radius 2 is 1.84 bits per heavy atom. The quantitative estimate of drug-likeness (QED) is 0.550. The Labute approximate surface area is 182 Å². The summed E-state index contributed by atoms with van der Waals surface area (Å²) in [5, 5.41) is 8.09. The number of piperidine rings is 1. The van der Waals surface area contributed by atoms with Crippen LogP contribution < -0.4 is 20.9 Å². The van der Waals surface area contributed by atoms with Crippen LogP contribution in [0.1, 0.15) is 36.0 Å². The van der Waals surface area contributed by atoms with Crippen LogP contribution in [-0.4, -0.2) is 45.3 Å². The first-order valence-electron chi connectivity index (χ1n) is 10.6. The van der Waals surface area contributed by atoms with Crippen molar-refractivity contribution in [2.45, 2.75) is 25.7 Å². The van der Waals surface area contributed by atoms with E-state index in [1.807, 2.05) is 6.07 Å². The molecule has 2 aromatic carbocycles. The van der Waals surface area contributed by atoms with Crippen LogP contribution in [0, 0.1) is 5.82 Å². The molecule has 0 atom stereocenters. The Bertz CT molecular complexity index is 900. The molecular weight excluding hydrogens is 399 g/mol. The van der Waals surface area contributed by atoms with Gasteiger partial charge >= 0.3 is 6.03 Å². The van der Waals surface area contributed by atoms with Gasteiger partial charge in [0, 0.05) is 44.7 Å². The van der Waals surface area contributed by atoms with E-state index in [4.69, 9.17) is 4.74 Å². The number of ether oxygens (including phenoxy) is 1. The topological polar surface area (TPSA) is 82.7 Å². The molecule has 2 aromatic rings. The monoisotopic (exact) mass is 428 g/mol. The molecule has 31 heavy (non-hydrogen) atoms. The minimum atomic E-state index is -0.581. The van der Waals surface area contributed by atoms with Crippen molar-refractivity contribution >= 4 is 29.0 Å². The molecule has 1 heterocycles. The minimum absolute atomic E-state index is 0.0843. The van der Waals surface area contributed by atoms with E-state index in [9.17, 15) is 14.0 Å². The number of carbonyl (C=O) groups is 2. The number of hydrogen-bond acceptors (Lipinski definition) is 4. The highest BCUT2D eigenvalue weighted by Crippen LogP contribution is 2.27. The fourth-order valence-electron chi connectivity index (χ4n) is 3.57. The molecule has 0 saturated carbocycles. The number of amides is 3. The molecule has 0 spiro atoms. The van der Waals surface area contributed by atoms with E-state index in [0.717, 1.165) is 31.6 Å². The molecule has 1 saturated heterocycles. The summed E-state index contributed by atoms with van der Waals surface area (Å²) >= 11 is 0. The predicted octanol–water partition coefficient (Wildman–Crippen LogP) is 4.23. The van der Waals surface area contributed by atoms with E-state index in [-0.39, 0.29) is 11.6 Å². The van der Waals surface area contributed by atoms with Crippen LogP contribution in [0.2, 0.25) is 0 Å². The van der Waals surface area contributed by atoms with Crippen LogP contribution >= 0.6 is 0 Å². The number of halogens is 1. The van der Waals surface area contributed by atoms with E-state index in [1.165, 1.54) is 18.6 Å². The van der Waals surface area contributed by atoms with Gasteiger partial charge in [0.05, 0.1) is 11.3 Å². The second-order valence-electron chi connectivity index (χ2n) is 7.44. The van der Waals surface area contributed by atoms with Crippen LogP contribution in [0.15, 0.2) is 42.5 Å². The first kappa shape index (κ1) is 22.6. The number of methoxy groups -OCH3 is 1. The third kappa shape index (κ3) is 6.42. The number of nitrogens with one attached hydrogen (secondary N) is 3. The van der Waals surface area contributed by atoms with Gasteiger partial charge in [-0.15, -0.1) is 0 Å². The number of anilines is 3. The summed E-state index contributed by atoms with van der Waals surface area (Å²) in [7, 11) is 1.62. The van der Waals surface area contributed by atoms with Crippen LogP contribution in [0.3, 0.4) is 0 Å². The molecule has 1 fully saturated rings. The van der Waals surface area contributed by atoms with Gasteiger partial charge in [-0.1, -0.05) is 12.1 Å². The van der Waals surface area contributed by atoms with Crippen molar-refractivity contribution in [2.24, 2.45) is 0 Å². The maximum atomic E-state index is 13.8. The van der Waals surface area contributed by atoms with Crippen molar-refractivity contribution < 1.29 is 18.7 Å². The molecule has 1 aliphatic heterocycles. The summed E-state index contributed by atoms with van der Waals surface area (Å²) in [6.45, 7) is 2.85. The van der Waals surface area contributed by atoms with Crippen molar-refractivity contribution in [3.63, 3.8) is 0 Å². The molecule has 7 nitrogen and oxygen atoms in total. The summed E-state index contributed by atoms with van der Waals surface area (Å²) in [6, 6.07) is 10.6. The molecule has 0 aliphatic carbocycles. The number of nitrogens with zero attached hydrogens (tertiary/aromatic N) is 1. The maximum Gasteiger partial charge on any atom is 0.323 e. The summed E-state index contributed by atoms with van der Waals surface area (Å²) in [6.07, 6.45) is 4.06. The summed E-state index contributed by atoms with van der Waals surface area (Å²) in [5.74, 6) is -0.718. The zero-order valence-corrected chi connectivity index (χ0v) is 17.7. The highest BCUT2D eigenvalue weighted by molar-refractivity contribution is 6.04. The molecule has 0 radical (unpaired) electrons. The van der Waals surface area contributed by atoms with Gasteiger partial charge in [0.25, 0.3) is 5.91 Å². The first-order valence-corrected chi connectivity index (χ1v) is 10.6. The molecule has 3 rings (SSSR count). The number of benzene rings is 2. The normalized spacial score (nSPS) is 13.5. The van der Waals surface area contributed by atoms with E-state index in [0.29, 0.717) is 30.8 Å². The molecule has 3 N–H and O–H groups in total. The van der Waals surface area contributed by atoms with Gasteiger partial charge in [0.1, 0.15) is 5.82 Å². The second-order valence-corrected chi connectivity index (χ2v) is 7.44. The minimum Gasteiger partial charge on any atom is -0.385 e. The lowest BCUT2D eigenvalue weighted by Gasteiger charge is -2.30. The highest BCUT2D eigenvalue weighted by atomic mass is 19.1. The molecule has 166 valence electrons. The molecule has 0 aromatic heterocycles. The number of carbonyl (C=O) groups excluding carboxylic acids is 2. The summed E-state index contributed by atoms with van der Waals surface area (Å²) < 4.78 is 18.8. The van der Waals surface area contributed by atoms with Crippen LogP contribution in [-0.2, 0) is 4.74 Å². The van der Waals surface area contributed by atoms with Gasteiger partial charge in [0.15, 0.2) is 0 Å². The van der Waals surface area contributed by atoms with E-state index < -0.39 is 11.8 Å². The lowest BCUT2D eigenvalue weighted by Crippen LogP contribution is -2.33. The highest BCUT2D eigenvalue weighted by Gasteiger charge is 2.19. The summed E-state index contributed by atoms with van der Waals surface area (Å²) in [4.78, 5) is 27.4. The Hall–Kier alpha value is -3.13. The zero-order chi connectivity index (χ0) is 22.1. The van der Waals surface area contributed by atoms with Gasteiger partial charge in [-0.3, -0.25) is 4.79 Å². The Morgan fingerprint density at radius 3 is 2.58 bits per heavy atom. The van der Waals surface area contributed by atoms with Crippen molar-refractivity contribution in [2.75, 3.05) is 48.9 Å². The Balaban J connectivity index is 1.75. The van der Waals surface area contributed by atoms with Crippen molar-refractivity contribution in [1.82, 2.24) is 5.32 Å². The van der Waals surface area contributed by atoms with Crippen LogP contribution in [0.25, 0.3) is 0 Å². The average molecular weight is 429 g/mol. The first-order chi connectivity index (χ1) is 15.1. The Kier molecular flexibility index (Phi) is 8.23. The predicted molar refractivity (Wildman–Crippen MR) is 120 cm³/mol. The number of hydrogen-bond donors (Lipinski definition) is 3. The second kappa shape index (κ2) is 11.3. The van der Waals surface area contributed by atoms with E-state index >= 15 is 0 Å². The molecule has 0 unspecified atom stereocenters. The fraction of sp³-hybridized carbons (Fsp3) is 0.391. The molecule has 3 amide bonds.